The van der Waals surface area contributed by atoms with Crippen LogP contribution in [-0.4, -0.2) is 12.1 Å². The van der Waals surface area contributed by atoms with Crippen molar-refractivity contribution in [3.05, 3.63) is 0 Å². The Morgan fingerprint density at radius 3 is 2.25 bits per heavy atom. The van der Waals surface area contributed by atoms with Crippen LogP contribution in [0.2, 0.25) is 0 Å². The maximum absolute atomic E-state index is 3.57. The molecule has 0 aromatic heterocycles. The predicted molar refractivity (Wildman–Crippen MR) is 54.2 cm³/mol. The summed E-state index contributed by atoms with van der Waals surface area (Å²) in [5.41, 5.74) is 0.296. The number of hydrogen-bond acceptors (Lipinski definition) is 1. The van der Waals surface area contributed by atoms with E-state index in [-0.39, 0.29) is 0 Å². The van der Waals surface area contributed by atoms with Gasteiger partial charge < -0.3 is 5.32 Å². The second kappa shape index (κ2) is 3.37. The standard InChI is InChI=1S/C11H23N/c1-8(2)10-6-9(10)7-12-11(3,4)5/h8-10,12H,6-7H2,1-5H3. The Balaban J connectivity index is 2.12. The monoisotopic (exact) mass is 169 g/mol. The molecule has 1 aliphatic rings. The van der Waals surface area contributed by atoms with Gasteiger partial charge in [0.05, 0.1) is 0 Å². The van der Waals surface area contributed by atoms with Crippen molar-refractivity contribution in [2.75, 3.05) is 6.54 Å². The van der Waals surface area contributed by atoms with Crippen molar-refractivity contribution >= 4 is 0 Å². The first-order valence-electron chi connectivity index (χ1n) is 5.15. The van der Waals surface area contributed by atoms with Gasteiger partial charge in [0.15, 0.2) is 0 Å². The zero-order valence-electron chi connectivity index (χ0n) is 9.15. The first-order valence-corrected chi connectivity index (χ1v) is 5.15. The van der Waals surface area contributed by atoms with Crippen LogP contribution in [0.25, 0.3) is 0 Å². The number of rotatable bonds is 3. The Labute approximate surface area is 76.9 Å². The molecule has 0 bridgehead atoms. The molecule has 2 atom stereocenters. The molecule has 0 aromatic carbocycles. The Morgan fingerprint density at radius 2 is 1.92 bits per heavy atom. The van der Waals surface area contributed by atoms with E-state index in [9.17, 15) is 0 Å². The fraction of sp³-hybridized carbons (Fsp3) is 1.00. The summed E-state index contributed by atoms with van der Waals surface area (Å²) in [6, 6.07) is 0. The van der Waals surface area contributed by atoms with Crippen LogP contribution in [0.3, 0.4) is 0 Å². The highest BCUT2D eigenvalue weighted by Crippen LogP contribution is 2.43. The molecule has 0 aromatic rings. The summed E-state index contributed by atoms with van der Waals surface area (Å²) >= 11 is 0. The van der Waals surface area contributed by atoms with Gasteiger partial charge >= 0.3 is 0 Å². The van der Waals surface area contributed by atoms with Gasteiger partial charge in [-0.15, -0.1) is 0 Å². The topological polar surface area (TPSA) is 12.0 Å². The van der Waals surface area contributed by atoms with E-state index >= 15 is 0 Å². The summed E-state index contributed by atoms with van der Waals surface area (Å²) in [5.74, 6) is 2.85. The van der Waals surface area contributed by atoms with E-state index in [1.54, 1.807) is 0 Å². The SMILES string of the molecule is CC(C)C1CC1CNC(C)(C)C. The van der Waals surface area contributed by atoms with Gasteiger partial charge in [0.25, 0.3) is 0 Å². The summed E-state index contributed by atoms with van der Waals surface area (Å²) in [4.78, 5) is 0. The minimum absolute atomic E-state index is 0.296. The van der Waals surface area contributed by atoms with Crippen LogP contribution in [0.4, 0.5) is 0 Å². The normalized spacial score (nSPS) is 29.5. The molecule has 1 rings (SSSR count). The molecule has 1 saturated carbocycles. The molecule has 0 amide bonds. The predicted octanol–water partition coefficient (Wildman–Crippen LogP) is 2.67. The lowest BCUT2D eigenvalue weighted by Crippen LogP contribution is -2.37. The molecule has 0 spiro atoms. The highest BCUT2D eigenvalue weighted by molar-refractivity contribution is 4.91. The quantitative estimate of drug-likeness (QED) is 0.685. The summed E-state index contributed by atoms with van der Waals surface area (Å²) in [5, 5.41) is 3.57. The fourth-order valence-corrected chi connectivity index (χ4v) is 1.76. The molecule has 1 fully saturated rings. The highest BCUT2D eigenvalue weighted by Gasteiger charge is 2.38. The Morgan fingerprint density at radius 1 is 1.33 bits per heavy atom. The van der Waals surface area contributed by atoms with Crippen molar-refractivity contribution in [3.8, 4) is 0 Å². The lowest BCUT2D eigenvalue weighted by molar-refractivity contribution is 0.398. The van der Waals surface area contributed by atoms with Gasteiger partial charge in [0.2, 0.25) is 0 Å². The Bertz CT molecular complexity index is 144. The summed E-state index contributed by atoms with van der Waals surface area (Å²) < 4.78 is 0. The lowest BCUT2D eigenvalue weighted by atomic mass is 10.1. The van der Waals surface area contributed by atoms with E-state index in [0.29, 0.717) is 5.54 Å². The van der Waals surface area contributed by atoms with Crippen LogP contribution in [0.5, 0.6) is 0 Å². The first kappa shape index (κ1) is 10.0. The third kappa shape index (κ3) is 3.14. The zero-order chi connectivity index (χ0) is 9.35. The molecular formula is C11H23N. The van der Waals surface area contributed by atoms with Crippen LogP contribution >= 0.6 is 0 Å². The van der Waals surface area contributed by atoms with Gasteiger partial charge in [-0.2, -0.15) is 0 Å². The van der Waals surface area contributed by atoms with Crippen molar-refractivity contribution in [2.24, 2.45) is 17.8 Å². The van der Waals surface area contributed by atoms with Gasteiger partial charge in [-0.25, -0.2) is 0 Å². The molecule has 0 saturated heterocycles. The Hall–Kier alpha value is -0.0400. The Kier molecular flexibility index (Phi) is 2.82. The molecule has 1 aliphatic carbocycles. The van der Waals surface area contributed by atoms with Crippen LogP contribution in [0.1, 0.15) is 41.0 Å². The molecule has 0 radical (unpaired) electrons. The smallest absolute Gasteiger partial charge is 0.00966 e. The molecule has 0 heterocycles. The minimum Gasteiger partial charge on any atom is -0.312 e. The van der Waals surface area contributed by atoms with Gasteiger partial charge in [0.1, 0.15) is 0 Å². The van der Waals surface area contributed by atoms with E-state index in [4.69, 9.17) is 0 Å². The van der Waals surface area contributed by atoms with Crippen molar-refractivity contribution in [1.82, 2.24) is 5.32 Å². The molecule has 2 unspecified atom stereocenters. The van der Waals surface area contributed by atoms with Crippen LogP contribution < -0.4 is 5.32 Å². The highest BCUT2D eigenvalue weighted by atomic mass is 15.0. The number of nitrogens with one attached hydrogen (secondary N) is 1. The van der Waals surface area contributed by atoms with Gasteiger partial charge in [-0.05, 0) is 51.5 Å². The molecule has 12 heavy (non-hydrogen) atoms. The molecule has 0 aliphatic heterocycles. The second-order valence-electron chi connectivity index (χ2n) is 5.53. The fourth-order valence-electron chi connectivity index (χ4n) is 1.76. The van der Waals surface area contributed by atoms with Crippen LogP contribution in [-0.2, 0) is 0 Å². The summed E-state index contributed by atoms with van der Waals surface area (Å²) in [7, 11) is 0. The molecule has 72 valence electrons. The third-order valence-corrected chi connectivity index (χ3v) is 2.73. The molecule has 1 heteroatoms. The molecule has 1 N–H and O–H groups in total. The van der Waals surface area contributed by atoms with Crippen LogP contribution in [0, 0.1) is 17.8 Å². The molecule has 1 nitrogen and oxygen atoms in total. The summed E-state index contributed by atoms with van der Waals surface area (Å²) in [6.45, 7) is 12.6. The van der Waals surface area contributed by atoms with Crippen molar-refractivity contribution < 1.29 is 0 Å². The van der Waals surface area contributed by atoms with Gasteiger partial charge in [-0.1, -0.05) is 13.8 Å². The second-order valence-corrected chi connectivity index (χ2v) is 5.53. The lowest BCUT2D eigenvalue weighted by Gasteiger charge is -2.20. The van der Waals surface area contributed by atoms with Crippen molar-refractivity contribution in [3.63, 3.8) is 0 Å². The largest absolute Gasteiger partial charge is 0.312 e. The van der Waals surface area contributed by atoms with E-state index in [2.05, 4.69) is 39.9 Å². The number of hydrogen-bond donors (Lipinski definition) is 1. The van der Waals surface area contributed by atoms with E-state index < -0.39 is 0 Å². The minimum atomic E-state index is 0.296. The van der Waals surface area contributed by atoms with Crippen molar-refractivity contribution in [1.29, 1.82) is 0 Å². The van der Waals surface area contributed by atoms with Gasteiger partial charge in [-0.3, -0.25) is 0 Å². The van der Waals surface area contributed by atoms with E-state index in [0.717, 1.165) is 17.8 Å². The maximum Gasteiger partial charge on any atom is 0.00966 e. The van der Waals surface area contributed by atoms with Crippen molar-refractivity contribution in [2.45, 2.75) is 46.6 Å². The third-order valence-electron chi connectivity index (χ3n) is 2.73. The maximum atomic E-state index is 3.57. The molecular weight excluding hydrogens is 146 g/mol. The van der Waals surface area contributed by atoms with Crippen LogP contribution in [0.15, 0.2) is 0 Å². The van der Waals surface area contributed by atoms with E-state index in [1.807, 2.05) is 0 Å². The first-order chi connectivity index (χ1) is 5.40. The average molecular weight is 169 g/mol. The average Bonchev–Trinajstić information content (AvgIpc) is 2.59. The van der Waals surface area contributed by atoms with Gasteiger partial charge in [0, 0.05) is 5.54 Å². The van der Waals surface area contributed by atoms with E-state index in [1.165, 1.54) is 13.0 Å². The summed E-state index contributed by atoms with van der Waals surface area (Å²) in [6.07, 6.45) is 1.45. The zero-order valence-corrected chi connectivity index (χ0v) is 9.15.